The smallest absolute Gasteiger partial charge is 0.260 e. The van der Waals surface area contributed by atoms with E-state index in [1.807, 2.05) is 24.3 Å². The fourth-order valence-electron chi connectivity index (χ4n) is 2.40. The van der Waals surface area contributed by atoms with Gasteiger partial charge in [0, 0.05) is 16.3 Å². The molecule has 0 spiro atoms. The van der Waals surface area contributed by atoms with Crippen LogP contribution in [0.5, 0.6) is 5.75 Å². The van der Waals surface area contributed by atoms with Crippen LogP contribution >= 0.6 is 23.8 Å². The average Bonchev–Trinajstić information content (AvgIpc) is 2.61. The zero-order valence-corrected chi connectivity index (χ0v) is 15.8. The van der Waals surface area contributed by atoms with Crippen molar-refractivity contribution in [2.75, 3.05) is 12.4 Å². The van der Waals surface area contributed by atoms with Gasteiger partial charge in [0.25, 0.3) is 5.17 Å². The van der Waals surface area contributed by atoms with Crippen molar-refractivity contribution in [2.45, 2.75) is 33.3 Å². The van der Waals surface area contributed by atoms with Crippen molar-refractivity contribution in [3.8, 4) is 5.75 Å². The fraction of sp³-hybridized carbons (Fsp3) is 0.316. The maximum absolute atomic E-state index is 6.34. The second-order valence-corrected chi connectivity index (χ2v) is 6.10. The zero-order valence-electron chi connectivity index (χ0n) is 14.2. The van der Waals surface area contributed by atoms with Crippen LogP contribution in [0, 0.1) is 0 Å². The van der Waals surface area contributed by atoms with Gasteiger partial charge in [0.15, 0.2) is 0 Å². The van der Waals surface area contributed by atoms with Gasteiger partial charge in [0.2, 0.25) is 0 Å². The second-order valence-electron chi connectivity index (χ2n) is 5.32. The van der Waals surface area contributed by atoms with E-state index in [1.54, 1.807) is 0 Å². The Labute approximate surface area is 153 Å². The van der Waals surface area contributed by atoms with E-state index in [2.05, 4.69) is 31.3 Å². The van der Waals surface area contributed by atoms with Crippen molar-refractivity contribution in [3.63, 3.8) is 0 Å². The van der Waals surface area contributed by atoms with Crippen molar-refractivity contribution < 1.29 is 9.47 Å². The number of thiocarbonyl (C=S) groups is 1. The summed E-state index contributed by atoms with van der Waals surface area (Å²) in [6.45, 7) is 4.63. The van der Waals surface area contributed by atoms with Crippen LogP contribution in [0.4, 0.5) is 5.69 Å². The van der Waals surface area contributed by atoms with Gasteiger partial charge in [0.05, 0.1) is 7.11 Å². The quantitative estimate of drug-likeness (QED) is 0.697. The summed E-state index contributed by atoms with van der Waals surface area (Å²) in [6, 6.07) is 11.9. The van der Waals surface area contributed by atoms with Crippen LogP contribution in [0.25, 0.3) is 0 Å². The van der Waals surface area contributed by atoms with E-state index in [1.165, 1.54) is 18.2 Å². The molecule has 0 unspecified atom stereocenters. The molecule has 5 heteroatoms. The summed E-state index contributed by atoms with van der Waals surface area (Å²) in [4.78, 5) is 0. The summed E-state index contributed by atoms with van der Waals surface area (Å²) >= 11 is 11.4. The highest BCUT2D eigenvalue weighted by molar-refractivity contribution is 7.80. The predicted molar refractivity (Wildman–Crippen MR) is 104 cm³/mol. The number of halogens is 1. The molecular weight excluding hydrogens is 342 g/mol. The number of nitrogens with one attached hydrogen (secondary N) is 1. The first-order chi connectivity index (χ1) is 11.6. The van der Waals surface area contributed by atoms with Gasteiger partial charge in [0.1, 0.15) is 12.4 Å². The molecule has 0 aliphatic carbocycles. The molecule has 24 heavy (non-hydrogen) atoms. The maximum atomic E-state index is 6.34. The number of hydrogen-bond acceptors (Lipinski definition) is 3. The maximum Gasteiger partial charge on any atom is 0.260 e. The lowest BCUT2D eigenvalue weighted by atomic mass is 10.1. The van der Waals surface area contributed by atoms with E-state index >= 15 is 0 Å². The Hall–Kier alpha value is -1.78. The molecule has 0 aliphatic rings. The summed E-state index contributed by atoms with van der Waals surface area (Å²) in [7, 11) is 1.53. The predicted octanol–water partition coefficient (Wildman–Crippen LogP) is 5.39. The van der Waals surface area contributed by atoms with Gasteiger partial charge in [-0.15, -0.1) is 0 Å². The highest BCUT2D eigenvalue weighted by Gasteiger charge is 2.11. The van der Waals surface area contributed by atoms with Crippen LogP contribution in [0.1, 0.15) is 30.5 Å². The summed E-state index contributed by atoms with van der Waals surface area (Å²) in [5.41, 5.74) is 4.14. The van der Waals surface area contributed by atoms with Gasteiger partial charge in [-0.1, -0.05) is 43.6 Å². The monoisotopic (exact) mass is 363 g/mol. The molecule has 1 N–H and O–H groups in total. The van der Waals surface area contributed by atoms with Gasteiger partial charge >= 0.3 is 0 Å². The van der Waals surface area contributed by atoms with E-state index in [-0.39, 0.29) is 0 Å². The lowest BCUT2D eigenvalue weighted by Gasteiger charge is -2.16. The molecule has 0 heterocycles. The molecule has 0 aliphatic heterocycles. The third-order valence-corrected chi connectivity index (χ3v) is 4.45. The van der Waals surface area contributed by atoms with Gasteiger partial charge in [-0.3, -0.25) is 0 Å². The van der Waals surface area contributed by atoms with E-state index < -0.39 is 0 Å². The van der Waals surface area contributed by atoms with Crippen LogP contribution in [0.15, 0.2) is 36.4 Å². The first kappa shape index (κ1) is 18.6. The topological polar surface area (TPSA) is 30.5 Å². The molecule has 0 amide bonds. The van der Waals surface area contributed by atoms with Crippen LogP contribution < -0.4 is 10.1 Å². The third-order valence-electron chi connectivity index (χ3n) is 3.83. The van der Waals surface area contributed by atoms with Crippen molar-refractivity contribution in [1.82, 2.24) is 0 Å². The highest BCUT2D eigenvalue weighted by atomic mass is 35.5. The molecule has 0 fully saturated rings. The number of rotatable bonds is 6. The molecule has 2 aromatic carbocycles. The number of aryl methyl sites for hydroxylation is 2. The molecule has 0 saturated heterocycles. The zero-order chi connectivity index (χ0) is 17.5. The lowest BCUT2D eigenvalue weighted by molar-refractivity contribution is 0.303. The molecule has 0 radical (unpaired) electrons. The second kappa shape index (κ2) is 8.90. The molecular formula is C19H22ClNO2S. The summed E-state index contributed by atoms with van der Waals surface area (Å²) in [5, 5.41) is 3.95. The van der Waals surface area contributed by atoms with E-state index in [0.29, 0.717) is 16.8 Å². The SMILES string of the molecule is CCc1ccc(OCc2c(Cl)cccc2NC(=S)OC)c(CC)c1. The molecule has 0 saturated carbocycles. The van der Waals surface area contributed by atoms with E-state index in [0.717, 1.165) is 29.8 Å². The number of anilines is 1. The Balaban J connectivity index is 2.21. The molecule has 0 aromatic heterocycles. The summed E-state index contributed by atoms with van der Waals surface area (Å²) < 4.78 is 11.1. The average molecular weight is 364 g/mol. The number of hydrogen-bond donors (Lipinski definition) is 1. The minimum absolute atomic E-state index is 0.292. The molecule has 2 aromatic rings. The highest BCUT2D eigenvalue weighted by Crippen LogP contribution is 2.28. The van der Waals surface area contributed by atoms with Crippen LogP contribution in [-0.2, 0) is 24.2 Å². The molecule has 0 bridgehead atoms. The van der Waals surface area contributed by atoms with Crippen LogP contribution in [-0.4, -0.2) is 12.3 Å². The van der Waals surface area contributed by atoms with Crippen molar-refractivity contribution in [2.24, 2.45) is 0 Å². The largest absolute Gasteiger partial charge is 0.488 e. The Kier molecular flexibility index (Phi) is 6.88. The Morgan fingerprint density at radius 1 is 1.17 bits per heavy atom. The molecule has 0 atom stereocenters. The lowest BCUT2D eigenvalue weighted by Crippen LogP contribution is -2.13. The standard InChI is InChI=1S/C19H22ClNO2S/c1-4-13-9-10-18(14(5-2)11-13)23-12-15-16(20)7-6-8-17(15)21-19(24)22-3/h6-11H,4-5,12H2,1-3H3,(H,21,24). The summed E-state index contributed by atoms with van der Waals surface area (Å²) in [5.74, 6) is 0.884. The van der Waals surface area contributed by atoms with Crippen molar-refractivity contribution in [3.05, 3.63) is 58.1 Å². The number of ether oxygens (including phenoxy) is 2. The van der Waals surface area contributed by atoms with Gasteiger partial charge < -0.3 is 14.8 Å². The molecule has 2 rings (SSSR count). The fourth-order valence-corrected chi connectivity index (χ4v) is 2.74. The Morgan fingerprint density at radius 3 is 2.62 bits per heavy atom. The molecule has 3 nitrogen and oxygen atoms in total. The van der Waals surface area contributed by atoms with E-state index in [4.69, 9.17) is 33.3 Å². The van der Waals surface area contributed by atoms with Crippen molar-refractivity contribution in [1.29, 1.82) is 0 Å². The van der Waals surface area contributed by atoms with E-state index in [9.17, 15) is 0 Å². The Bertz CT molecular complexity index is 719. The first-order valence-electron chi connectivity index (χ1n) is 7.96. The van der Waals surface area contributed by atoms with Gasteiger partial charge in [-0.25, -0.2) is 0 Å². The third kappa shape index (κ3) is 4.62. The Morgan fingerprint density at radius 2 is 1.96 bits per heavy atom. The minimum atomic E-state index is 0.292. The van der Waals surface area contributed by atoms with Crippen LogP contribution in [0.2, 0.25) is 5.02 Å². The van der Waals surface area contributed by atoms with Crippen molar-refractivity contribution >= 4 is 34.7 Å². The number of benzene rings is 2. The first-order valence-corrected chi connectivity index (χ1v) is 8.74. The minimum Gasteiger partial charge on any atom is -0.488 e. The summed E-state index contributed by atoms with van der Waals surface area (Å²) in [6.07, 6.45) is 1.94. The molecule has 128 valence electrons. The number of methoxy groups -OCH3 is 1. The normalized spacial score (nSPS) is 10.3. The van der Waals surface area contributed by atoms with Crippen LogP contribution in [0.3, 0.4) is 0 Å². The van der Waals surface area contributed by atoms with Gasteiger partial charge in [-0.05, 0) is 54.4 Å². The van der Waals surface area contributed by atoms with Gasteiger partial charge in [-0.2, -0.15) is 0 Å².